The Morgan fingerprint density at radius 2 is 1.88 bits per heavy atom. The van der Waals surface area contributed by atoms with Crippen LogP contribution in [0.4, 0.5) is 0 Å². The van der Waals surface area contributed by atoms with Crippen molar-refractivity contribution in [3.63, 3.8) is 0 Å². The van der Waals surface area contributed by atoms with E-state index in [4.69, 9.17) is 0 Å². The van der Waals surface area contributed by atoms with Crippen LogP contribution < -0.4 is 5.62 Å². The molecular formula is C26H26N4O2. The smallest absolute Gasteiger partial charge is 0.280 e. The predicted molar refractivity (Wildman–Crippen MR) is 124 cm³/mol. The topological polar surface area (TPSA) is 83.3 Å². The molecule has 162 valence electrons. The largest absolute Gasteiger partial charge is 0.393 e. The van der Waals surface area contributed by atoms with Crippen molar-refractivity contribution < 1.29 is 9.90 Å². The van der Waals surface area contributed by atoms with Crippen LogP contribution in [0.25, 0.3) is 22.3 Å². The summed E-state index contributed by atoms with van der Waals surface area (Å²) < 4.78 is 2.13. The number of benzene rings is 2. The normalized spacial score (nSPS) is 19.4. The number of aromatic nitrogens is 3. The number of nitrogens with one attached hydrogen (secondary N) is 1. The van der Waals surface area contributed by atoms with E-state index in [0.29, 0.717) is 11.2 Å². The zero-order valence-electron chi connectivity index (χ0n) is 18.0. The minimum Gasteiger partial charge on any atom is -0.393 e. The van der Waals surface area contributed by atoms with Crippen molar-refractivity contribution in [2.24, 2.45) is 4.99 Å². The summed E-state index contributed by atoms with van der Waals surface area (Å²) in [5.41, 5.74) is 5.88. The molecule has 4 aromatic rings. The van der Waals surface area contributed by atoms with E-state index >= 15 is 0 Å². The average molecular weight is 427 g/mol. The van der Waals surface area contributed by atoms with Gasteiger partial charge in [-0.25, -0.2) is 0 Å². The van der Waals surface area contributed by atoms with Gasteiger partial charge in [0.1, 0.15) is 0 Å². The van der Waals surface area contributed by atoms with Crippen LogP contribution in [0.5, 0.6) is 0 Å². The van der Waals surface area contributed by atoms with Crippen molar-refractivity contribution in [2.75, 3.05) is 0 Å². The third-order valence-corrected chi connectivity index (χ3v) is 6.20. The fourth-order valence-corrected chi connectivity index (χ4v) is 4.54. The van der Waals surface area contributed by atoms with Gasteiger partial charge in [-0.3, -0.25) is 9.78 Å². The number of aryl methyl sites for hydroxylation is 1. The molecule has 0 radical (unpaired) electrons. The lowest BCUT2D eigenvalue weighted by Crippen LogP contribution is -2.29. The number of aliphatic hydroxyl groups is 1. The Labute approximate surface area is 186 Å². The second-order valence-electron chi connectivity index (χ2n) is 8.51. The molecule has 1 saturated carbocycles. The van der Waals surface area contributed by atoms with E-state index in [1.807, 2.05) is 49.4 Å². The van der Waals surface area contributed by atoms with E-state index in [2.05, 4.69) is 25.6 Å². The summed E-state index contributed by atoms with van der Waals surface area (Å²) in [5.74, 6) is -0.308. The van der Waals surface area contributed by atoms with Gasteiger partial charge in [-0.05, 0) is 62.9 Å². The van der Waals surface area contributed by atoms with Crippen LogP contribution in [0.15, 0.2) is 71.9 Å². The first-order valence-electron chi connectivity index (χ1n) is 11.1. The number of imidazole rings is 1. The van der Waals surface area contributed by atoms with Crippen molar-refractivity contribution >= 4 is 16.9 Å². The number of carbonyl (C=O) groups excluding carboxylic acids is 1. The van der Waals surface area contributed by atoms with E-state index in [9.17, 15) is 9.90 Å². The highest BCUT2D eigenvalue weighted by molar-refractivity contribution is 5.95. The van der Waals surface area contributed by atoms with Crippen LogP contribution in [-0.4, -0.2) is 31.7 Å². The van der Waals surface area contributed by atoms with Crippen molar-refractivity contribution in [3.8, 4) is 11.3 Å². The van der Waals surface area contributed by atoms with Gasteiger partial charge in [0.15, 0.2) is 0 Å². The molecule has 2 aromatic heterocycles. The van der Waals surface area contributed by atoms with Gasteiger partial charge in [0, 0.05) is 23.4 Å². The minimum atomic E-state index is -0.308. The van der Waals surface area contributed by atoms with E-state index in [-0.39, 0.29) is 18.1 Å². The van der Waals surface area contributed by atoms with Crippen molar-refractivity contribution in [1.82, 2.24) is 14.5 Å². The second-order valence-corrected chi connectivity index (χ2v) is 8.51. The van der Waals surface area contributed by atoms with Gasteiger partial charge >= 0.3 is 0 Å². The Hall–Kier alpha value is -3.51. The van der Waals surface area contributed by atoms with Crippen molar-refractivity contribution in [2.45, 2.75) is 44.8 Å². The number of nitrogens with zero attached hydrogens (tertiary/aromatic N) is 3. The Morgan fingerprint density at radius 3 is 2.69 bits per heavy atom. The first-order valence-corrected chi connectivity index (χ1v) is 11.1. The number of fused-ring (bicyclic) bond motifs is 1. The van der Waals surface area contributed by atoms with Gasteiger partial charge in [0.25, 0.3) is 5.91 Å². The van der Waals surface area contributed by atoms with Crippen molar-refractivity contribution in [1.29, 1.82) is 0 Å². The maximum absolute atomic E-state index is 13.2. The lowest BCUT2D eigenvalue weighted by Gasteiger charge is -2.27. The minimum absolute atomic E-state index is 0.196. The first kappa shape index (κ1) is 20.4. The summed E-state index contributed by atoms with van der Waals surface area (Å²) in [4.78, 5) is 25.4. The molecule has 6 nitrogen and oxygen atoms in total. The molecule has 32 heavy (non-hydrogen) atoms. The van der Waals surface area contributed by atoms with Crippen LogP contribution in [0.2, 0.25) is 0 Å². The van der Waals surface area contributed by atoms with Crippen LogP contribution in [0, 0.1) is 6.92 Å². The maximum atomic E-state index is 13.2. The number of aliphatic hydroxyl groups excluding tert-OH is 1. The molecule has 0 aliphatic heterocycles. The molecule has 2 N–H and O–H groups in total. The molecule has 0 saturated heterocycles. The van der Waals surface area contributed by atoms with Crippen LogP contribution in [0.3, 0.4) is 0 Å². The van der Waals surface area contributed by atoms with Crippen LogP contribution in [0.1, 0.15) is 47.6 Å². The summed E-state index contributed by atoms with van der Waals surface area (Å²) in [7, 11) is 0. The van der Waals surface area contributed by atoms with Gasteiger partial charge in [-0.1, -0.05) is 35.9 Å². The van der Waals surface area contributed by atoms with Gasteiger partial charge in [-0.2, -0.15) is 4.99 Å². The highest BCUT2D eigenvalue weighted by Gasteiger charge is 2.23. The second kappa shape index (κ2) is 8.55. The van der Waals surface area contributed by atoms with Crippen LogP contribution in [-0.2, 0) is 0 Å². The summed E-state index contributed by atoms with van der Waals surface area (Å²) >= 11 is 0. The molecule has 1 aliphatic rings. The number of para-hydroxylation sites is 2. The third kappa shape index (κ3) is 4.01. The quantitative estimate of drug-likeness (QED) is 0.504. The molecule has 1 fully saturated rings. The van der Waals surface area contributed by atoms with E-state index < -0.39 is 0 Å². The van der Waals surface area contributed by atoms with Crippen molar-refractivity contribution in [3.05, 3.63) is 83.6 Å². The number of hydrogen-bond donors (Lipinski definition) is 2. The first-order chi connectivity index (χ1) is 15.6. The molecule has 0 atom stereocenters. The van der Waals surface area contributed by atoms with Gasteiger partial charge in [0.05, 0.1) is 22.8 Å². The predicted octanol–water partition coefficient (Wildman–Crippen LogP) is 4.56. The van der Waals surface area contributed by atoms with Crippen LogP contribution >= 0.6 is 0 Å². The van der Waals surface area contributed by atoms with E-state index in [1.54, 1.807) is 18.3 Å². The number of aromatic amines is 1. The molecule has 0 bridgehead atoms. The number of carbonyl (C=O) groups is 1. The average Bonchev–Trinajstić information content (AvgIpc) is 3.17. The van der Waals surface area contributed by atoms with Gasteiger partial charge in [-0.15, -0.1) is 0 Å². The zero-order valence-corrected chi connectivity index (χ0v) is 18.0. The highest BCUT2D eigenvalue weighted by atomic mass is 16.3. The zero-order chi connectivity index (χ0) is 22.1. The Kier molecular flexibility index (Phi) is 5.45. The molecule has 1 aliphatic carbocycles. The molecule has 1 amide bonds. The number of amides is 1. The van der Waals surface area contributed by atoms with Gasteiger partial charge < -0.3 is 14.7 Å². The standard InChI is InChI=1S/C26H26N4O2/c1-17-5-4-6-18(15-17)23-16-19(13-14-27-23)25(32)29-26-28-22-7-2-3-8-24(22)30(26)20-9-11-21(31)12-10-20/h2-8,13-16,20-21,31H,9-12H2,1H3,(H,28,29,32)/t20-,21+. The lowest BCUT2D eigenvalue weighted by molar-refractivity contribution is 0.0990. The molecule has 2 aromatic carbocycles. The third-order valence-electron chi connectivity index (χ3n) is 6.20. The Bertz CT molecular complexity index is 1340. The molecule has 6 heteroatoms. The Morgan fingerprint density at radius 1 is 1.06 bits per heavy atom. The summed E-state index contributed by atoms with van der Waals surface area (Å²) in [6, 6.07) is 19.8. The summed E-state index contributed by atoms with van der Waals surface area (Å²) in [6.45, 7) is 2.03. The highest BCUT2D eigenvalue weighted by Crippen LogP contribution is 2.29. The molecule has 5 rings (SSSR count). The van der Waals surface area contributed by atoms with Gasteiger partial charge in [0.2, 0.25) is 5.62 Å². The number of rotatable bonds is 3. The van der Waals surface area contributed by atoms with E-state index in [0.717, 1.165) is 53.5 Å². The molecule has 0 spiro atoms. The fourth-order valence-electron chi connectivity index (χ4n) is 4.54. The molecular weight excluding hydrogens is 400 g/mol. The summed E-state index contributed by atoms with van der Waals surface area (Å²) in [6.07, 6.45) is 4.65. The fraction of sp³-hybridized carbons (Fsp3) is 0.269. The summed E-state index contributed by atoms with van der Waals surface area (Å²) in [5, 5.41) is 9.94. The molecule has 2 heterocycles. The number of H-pyrrole nitrogens is 1. The monoisotopic (exact) mass is 426 g/mol. The van der Waals surface area contributed by atoms with E-state index in [1.165, 1.54) is 0 Å². The Balaban J connectivity index is 1.55. The lowest BCUT2D eigenvalue weighted by atomic mass is 9.93. The molecule has 0 unspecified atom stereocenters. The number of hydrogen-bond acceptors (Lipinski definition) is 3. The number of pyridine rings is 1. The maximum Gasteiger partial charge on any atom is 0.280 e. The SMILES string of the molecule is Cc1cccc(-c2cc(C(=O)/N=c3\[nH]c4ccccc4n3[C@H]3CC[C@@H](O)CC3)ccn2)c1.